The summed E-state index contributed by atoms with van der Waals surface area (Å²) in [5.74, 6) is 0. The van der Waals surface area contributed by atoms with Gasteiger partial charge in [-0.15, -0.1) is 0 Å². The van der Waals surface area contributed by atoms with Gasteiger partial charge in [-0.2, -0.15) is 0 Å². The third-order valence-electron chi connectivity index (χ3n) is 3.45. The molecule has 0 aromatic heterocycles. The summed E-state index contributed by atoms with van der Waals surface area (Å²) in [4.78, 5) is 0. The number of benzene rings is 2. The Kier molecular flexibility index (Phi) is 1.41. The first-order chi connectivity index (χ1) is 7.93. The van der Waals surface area contributed by atoms with Crippen LogP contribution in [0.2, 0.25) is 0 Å². The van der Waals surface area contributed by atoms with E-state index in [0.29, 0.717) is 0 Å². The smallest absolute Gasteiger partial charge is 0.0465 e. The third-order valence-corrected chi connectivity index (χ3v) is 3.45. The van der Waals surface area contributed by atoms with E-state index in [0.717, 1.165) is 6.42 Å². The van der Waals surface area contributed by atoms with Gasteiger partial charge in [0.2, 0.25) is 0 Å². The van der Waals surface area contributed by atoms with Crippen LogP contribution in [0.25, 0.3) is 12.3 Å². The lowest BCUT2D eigenvalue weighted by atomic mass is 9.96. The van der Waals surface area contributed by atoms with Gasteiger partial charge in [-0.25, -0.2) is 0 Å². The summed E-state index contributed by atoms with van der Waals surface area (Å²) in [6.07, 6.45) is 5.47. The van der Waals surface area contributed by atoms with Crippen LogP contribution >= 0.6 is 0 Å². The monoisotopic (exact) mass is 205 g/mol. The molecule has 2 aromatic carbocycles. The number of rotatable bonds is 0. The van der Waals surface area contributed by atoms with E-state index in [1.807, 2.05) is 0 Å². The van der Waals surface area contributed by atoms with Gasteiger partial charge in [0, 0.05) is 17.1 Å². The number of anilines is 1. The first-order valence-electron chi connectivity index (χ1n) is 5.62. The molecule has 1 heterocycles. The molecule has 16 heavy (non-hydrogen) atoms. The summed E-state index contributed by atoms with van der Waals surface area (Å²) >= 11 is 0. The lowest BCUT2D eigenvalue weighted by molar-refractivity contribution is 1.20. The standard InChI is InChI=1S/C15H11N/c1-3-10-7-8-11-4-2-6-13-15(11)14(10)12(5-1)9-16-13/h1-6,8-9,16H,7H2. The molecule has 1 heteroatoms. The lowest BCUT2D eigenvalue weighted by Gasteiger charge is -2.14. The molecule has 0 atom stereocenters. The fraction of sp³-hybridized carbons (Fsp3) is 0.0667. The van der Waals surface area contributed by atoms with Crippen LogP contribution in [-0.4, -0.2) is 0 Å². The molecule has 2 aromatic rings. The van der Waals surface area contributed by atoms with Crippen molar-refractivity contribution in [2.24, 2.45) is 0 Å². The van der Waals surface area contributed by atoms with Crippen molar-refractivity contribution >= 4 is 18.0 Å². The van der Waals surface area contributed by atoms with Crippen LogP contribution in [0.4, 0.5) is 5.69 Å². The van der Waals surface area contributed by atoms with Crippen LogP contribution < -0.4 is 15.8 Å². The highest BCUT2D eigenvalue weighted by Crippen LogP contribution is 2.15. The highest BCUT2D eigenvalue weighted by atomic mass is 14.8. The van der Waals surface area contributed by atoms with Crippen molar-refractivity contribution in [3.63, 3.8) is 0 Å². The SMILES string of the molecule is C1=c2cccc3c2=c2c(cccc2=CC3)N1. The van der Waals surface area contributed by atoms with E-state index in [-0.39, 0.29) is 0 Å². The van der Waals surface area contributed by atoms with Gasteiger partial charge >= 0.3 is 0 Å². The second-order valence-electron chi connectivity index (χ2n) is 4.35. The molecule has 0 amide bonds. The van der Waals surface area contributed by atoms with Crippen molar-refractivity contribution in [1.82, 2.24) is 0 Å². The van der Waals surface area contributed by atoms with Crippen LogP contribution in [0.15, 0.2) is 36.4 Å². The van der Waals surface area contributed by atoms with Crippen molar-refractivity contribution in [2.45, 2.75) is 6.42 Å². The quantitative estimate of drug-likeness (QED) is 0.687. The molecule has 1 N–H and O–H groups in total. The Hall–Kier alpha value is -2.02. The predicted molar refractivity (Wildman–Crippen MR) is 66.1 cm³/mol. The molecule has 0 saturated carbocycles. The molecule has 1 nitrogen and oxygen atoms in total. The Morgan fingerprint density at radius 3 is 2.75 bits per heavy atom. The summed E-state index contributed by atoms with van der Waals surface area (Å²) in [7, 11) is 0. The van der Waals surface area contributed by atoms with Crippen molar-refractivity contribution in [2.75, 3.05) is 5.32 Å². The molecule has 0 bridgehead atoms. The average Bonchev–Trinajstić information content (AvgIpc) is 2.36. The molecule has 1 aliphatic heterocycles. The van der Waals surface area contributed by atoms with E-state index in [9.17, 15) is 0 Å². The van der Waals surface area contributed by atoms with Crippen molar-refractivity contribution in [3.8, 4) is 0 Å². The van der Waals surface area contributed by atoms with Gasteiger partial charge in [-0.3, -0.25) is 0 Å². The van der Waals surface area contributed by atoms with E-state index in [2.05, 4.69) is 54.0 Å². The van der Waals surface area contributed by atoms with Gasteiger partial charge in [-0.1, -0.05) is 36.4 Å². The Balaban J connectivity index is 2.52. The van der Waals surface area contributed by atoms with Crippen molar-refractivity contribution < 1.29 is 0 Å². The van der Waals surface area contributed by atoms with E-state index in [1.165, 1.54) is 32.1 Å². The van der Waals surface area contributed by atoms with Crippen molar-refractivity contribution in [3.05, 3.63) is 62.8 Å². The fourth-order valence-electron chi connectivity index (χ4n) is 2.73. The Morgan fingerprint density at radius 1 is 0.875 bits per heavy atom. The summed E-state index contributed by atoms with van der Waals surface area (Å²) in [5.41, 5.74) is 2.67. The zero-order valence-corrected chi connectivity index (χ0v) is 8.83. The second kappa shape index (κ2) is 2.76. The van der Waals surface area contributed by atoms with Gasteiger partial charge in [0.15, 0.2) is 0 Å². The molecule has 0 fully saturated rings. The third kappa shape index (κ3) is 0.904. The van der Waals surface area contributed by atoms with Crippen LogP contribution in [-0.2, 0) is 6.42 Å². The maximum Gasteiger partial charge on any atom is 0.0465 e. The molecule has 0 radical (unpaired) electrons. The van der Waals surface area contributed by atoms with Gasteiger partial charge < -0.3 is 5.32 Å². The van der Waals surface area contributed by atoms with Gasteiger partial charge in [0.25, 0.3) is 0 Å². The van der Waals surface area contributed by atoms with Crippen LogP contribution in [0.1, 0.15) is 5.56 Å². The summed E-state index contributed by atoms with van der Waals surface area (Å²) in [6.45, 7) is 0. The first-order valence-corrected chi connectivity index (χ1v) is 5.62. The minimum atomic E-state index is 1.05. The Morgan fingerprint density at radius 2 is 1.75 bits per heavy atom. The Bertz CT molecular complexity index is 731. The number of nitrogens with one attached hydrogen (secondary N) is 1. The average molecular weight is 205 g/mol. The molecule has 0 unspecified atom stereocenters. The van der Waals surface area contributed by atoms with Crippen molar-refractivity contribution in [1.29, 1.82) is 0 Å². The van der Waals surface area contributed by atoms with Crippen LogP contribution in [0, 0.1) is 10.4 Å². The predicted octanol–water partition coefficient (Wildman–Crippen LogP) is 1.47. The van der Waals surface area contributed by atoms with Gasteiger partial charge in [0.05, 0.1) is 0 Å². The molecule has 0 saturated heterocycles. The number of hydrogen-bond acceptors (Lipinski definition) is 1. The largest absolute Gasteiger partial charge is 0.361 e. The van der Waals surface area contributed by atoms with Crippen LogP contribution in [0.3, 0.4) is 0 Å². The molecular formula is C15H11N. The van der Waals surface area contributed by atoms with Crippen LogP contribution in [0.5, 0.6) is 0 Å². The highest BCUT2D eigenvalue weighted by molar-refractivity contribution is 5.62. The van der Waals surface area contributed by atoms with Gasteiger partial charge in [-0.05, 0) is 33.7 Å². The minimum Gasteiger partial charge on any atom is -0.361 e. The van der Waals surface area contributed by atoms with Gasteiger partial charge in [0.1, 0.15) is 0 Å². The maximum atomic E-state index is 3.38. The Labute approximate surface area is 93.1 Å². The molecular weight excluding hydrogens is 194 g/mol. The van der Waals surface area contributed by atoms with E-state index in [4.69, 9.17) is 0 Å². The maximum absolute atomic E-state index is 3.38. The van der Waals surface area contributed by atoms with E-state index in [1.54, 1.807) is 0 Å². The first kappa shape index (κ1) is 8.17. The lowest BCUT2D eigenvalue weighted by Crippen LogP contribution is -2.21. The number of hydrogen-bond donors (Lipinski definition) is 1. The second-order valence-corrected chi connectivity index (χ2v) is 4.35. The zero-order chi connectivity index (χ0) is 10.5. The zero-order valence-electron chi connectivity index (χ0n) is 8.83. The molecule has 1 aliphatic carbocycles. The summed E-state index contributed by atoms with van der Waals surface area (Å²) in [5, 5.41) is 8.85. The minimum absolute atomic E-state index is 1.05. The van der Waals surface area contributed by atoms with E-state index < -0.39 is 0 Å². The summed E-state index contributed by atoms with van der Waals surface area (Å²) < 4.78 is 0. The molecule has 0 spiro atoms. The fourth-order valence-corrected chi connectivity index (χ4v) is 2.73. The topological polar surface area (TPSA) is 12.0 Å². The molecule has 4 rings (SSSR count). The van der Waals surface area contributed by atoms with E-state index >= 15 is 0 Å². The highest BCUT2D eigenvalue weighted by Gasteiger charge is 2.08. The summed E-state index contributed by atoms with van der Waals surface area (Å²) in [6, 6.07) is 13.0. The molecule has 76 valence electrons. The molecule has 2 aliphatic rings. The normalized spacial score (nSPS) is 14.2.